The summed E-state index contributed by atoms with van der Waals surface area (Å²) >= 11 is 13.5. The maximum absolute atomic E-state index is 12.2. The Balaban J connectivity index is 2.00. The lowest BCUT2D eigenvalue weighted by Gasteiger charge is -2.17. The number of carbonyl (C=O) groups excluding carboxylic acids is 1. The van der Waals surface area contributed by atoms with Gasteiger partial charge in [-0.3, -0.25) is 9.69 Å². The van der Waals surface area contributed by atoms with Crippen molar-refractivity contribution >= 4 is 46.1 Å². The summed E-state index contributed by atoms with van der Waals surface area (Å²) in [5.41, 5.74) is 0.501. The van der Waals surface area contributed by atoms with Crippen LogP contribution in [0.25, 0.3) is 0 Å². The fourth-order valence-corrected chi connectivity index (χ4v) is 3.56. The monoisotopic (exact) mass is 388 g/mol. The van der Waals surface area contributed by atoms with Crippen molar-refractivity contribution in [2.75, 3.05) is 33.1 Å². The van der Waals surface area contributed by atoms with Gasteiger partial charge in [0.05, 0.1) is 35.8 Å². The van der Waals surface area contributed by atoms with Gasteiger partial charge in [-0.15, -0.1) is 11.3 Å². The van der Waals surface area contributed by atoms with Crippen LogP contribution >= 0.6 is 34.5 Å². The van der Waals surface area contributed by atoms with E-state index in [0.29, 0.717) is 28.8 Å². The first kappa shape index (κ1) is 18.9. The van der Waals surface area contributed by atoms with Crippen LogP contribution in [-0.4, -0.2) is 38.6 Å². The Bertz CT molecular complexity index is 721. The predicted octanol–water partition coefficient (Wildman–Crippen LogP) is 4.14. The van der Waals surface area contributed by atoms with Gasteiger partial charge in [-0.2, -0.15) is 0 Å². The molecular weight excluding hydrogens is 371 g/mol. The van der Waals surface area contributed by atoms with Crippen molar-refractivity contribution in [1.82, 2.24) is 4.90 Å². The van der Waals surface area contributed by atoms with Crippen molar-refractivity contribution < 1.29 is 14.3 Å². The molecule has 8 heteroatoms. The molecule has 0 aliphatic rings. The summed E-state index contributed by atoms with van der Waals surface area (Å²) in [6.07, 6.45) is 0. The Kier molecular flexibility index (Phi) is 6.74. The van der Waals surface area contributed by atoms with E-state index in [4.69, 9.17) is 32.7 Å². The molecule has 0 spiro atoms. The molecule has 0 aliphatic carbocycles. The Morgan fingerprint density at radius 1 is 1.21 bits per heavy atom. The quantitative estimate of drug-likeness (QED) is 0.773. The second-order valence-electron chi connectivity index (χ2n) is 5.11. The average Bonchev–Trinajstić information content (AvgIpc) is 2.92. The fraction of sp³-hybridized carbons (Fsp3) is 0.312. The molecule has 1 aromatic carbocycles. The topological polar surface area (TPSA) is 50.8 Å². The zero-order valence-electron chi connectivity index (χ0n) is 13.6. The number of halogens is 2. The van der Waals surface area contributed by atoms with Gasteiger partial charge in [0.15, 0.2) is 0 Å². The molecule has 24 heavy (non-hydrogen) atoms. The number of rotatable bonds is 7. The van der Waals surface area contributed by atoms with Gasteiger partial charge in [0.1, 0.15) is 11.5 Å². The molecule has 1 amide bonds. The Labute approximate surface area is 155 Å². The standard InChI is InChI=1S/C16H18Cl2N2O3S/c1-20(8-10-4-5-15(18)24-10)9-16(21)19-12-6-11(17)13(22-2)7-14(12)23-3/h4-7H,8-9H2,1-3H3,(H,19,21). The number of nitrogens with one attached hydrogen (secondary N) is 1. The van der Waals surface area contributed by atoms with Crippen LogP contribution in [-0.2, 0) is 11.3 Å². The molecule has 1 N–H and O–H groups in total. The van der Waals surface area contributed by atoms with Crippen molar-refractivity contribution in [1.29, 1.82) is 0 Å². The van der Waals surface area contributed by atoms with E-state index in [0.717, 1.165) is 9.21 Å². The zero-order valence-corrected chi connectivity index (χ0v) is 15.9. The van der Waals surface area contributed by atoms with Crippen molar-refractivity contribution in [3.63, 3.8) is 0 Å². The van der Waals surface area contributed by atoms with Crippen molar-refractivity contribution in [2.45, 2.75) is 6.54 Å². The summed E-state index contributed by atoms with van der Waals surface area (Å²) in [4.78, 5) is 15.2. The minimum atomic E-state index is -0.167. The minimum Gasteiger partial charge on any atom is -0.495 e. The molecule has 0 aliphatic heterocycles. The van der Waals surface area contributed by atoms with E-state index in [2.05, 4.69) is 5.32 Å². The number of hydrogen-bond acceptors (Lipinski definition) is 5. The summed E-state index contributed by atoms with van der Waals surface area (Å²) in [7, 11) is 4.90. The maximum Gasteiger partial charge on any atom is 0.238 e. The number of ether oxygens (including phenoxy) is 2. The number of methoxy groups -OCH3 is 2. The van der Waals surface area contributed by atoms with Crippen LogP contribution in [0.4, 0.5) is 5.69 Å². The highest BCUT2D eigenvalue weighted by Crippen LogP contribution is 2.35. The molecule has 0 atom stereocenters. The largest absolute Gasteiger partial charge is 0.495 e. The van der Waals surface area contributed by atoms with Crippen LogP contribution in [0.1, 0.15) is 4.88 Å². The normalized spacial score (nSPS) is 10.8. The second-order valence-corrected chi connectivity index (χ2v) is 7.32. The third-order valence-corrected chi connectivity index (χ3v) is 4.73. The lowest BCUT2D eigenvalue weighted by atomic mass is 10.2. The Morgan fingerprint density at radius 3 is 2.50 bits per heavy atom. The van der Waals surface area contributed by atoms with Gasteiger partial charge in [-0.1, -0.05) is 23.2 Å². The van der Waals surface area contributed by atoms with E-state index in [9.17, 15) is 4.79 Å². The molecule has 130 valence electrons. The third-order valence-electron chi connectivity index (χ3n) is 3.22. The number of benzene rings is 1. The van der Waals surface area contributed by atoms with Crippen LogP contribution in [0, 0.1) is 0 Å². The van der Waals surface area contributed by atoms with E-state index in [1.54, 1.807) is 12.1 Å². The van der Waals surface area contributed by atoms with Gasteiger partial charge >= 0.3 is 0 Å². The highest BCUT2D eigenvalue weighted by molar-refractivity contribution is 7.16. The van der Waals surface area contributed by atoms with Crippen LogP contribution in [0.5, 0.6) is 11.5 Å². The molecule has 2 rings (SSSR count). The lowest BCUT2D eigenvalue weighted by Crippen LogP contribution is -2.29. The highest BCUT2D eigenvalue weighted by Gasteiger charge is 2.14. The molecule has 0 bridgehead atoms. The van der Waals surface area contributed by atoms with E-state index < -0.39 is 0 Å². The number of anilines is 1. The number of likely N-dealkylation sites (N-methyl/N-ethyl adjacent to an activating group) is 1. The van der Waals surface area contributed by atoms with Crippen molar-refractivity contribution in [3.8, 4) is 11.5 Å². The first-order chi connectivity index (χ1) is 11.4. The van der Waals surface area contributed by atoms with Gasteiger partial charge in [-0.25, -0.2) is 0 Å². The lowest BCUT2D eigenvalue weighted by molar-refractivity contribution is -0.117. The number of hydrogen-bond donors (Lipinski definition) is 1. The SMILES string of the molecule is COc1cc(OC)c(NC(=O)CN(C)Cc2ccc(Cl)s2)cc1Cl. The Hall–Kier alpha value is -1.47. The van der Waals surface area contributed by atoms with Gasteiger partial charge < -0.3 is 14.8 Å². The number of carbonyl (C=O) groups is 1. The molecule has 0 radical (unpaired) electrons. The van der Waals surface area contributed by atoms with Crippen LogP contribution in [0.3, 0.4) is 0 Å². The molecule has 0 saturated carbocycles. The molecular formula is C16H18Cl2N2O3S. The highest BCUT2D eigenvalue weighted by atomic mass is 35.5. The molecule has 5 nitrogen and oxygen atoms in total. The first-order valence-corrected chi connectivity index (χ1v) is 8.64. The fourth-order valence-electron chi connectivity index (χ4n) is 2.15. The molecule has 0 fully saturated rings. The number of amides is 1. The molecule has 0 saturated heterocycles. The molecule has 1 aromatic heterocycles. The van der Waals surface area contributed by atoms with E-state index in [-0.39, 0.29) is 12.5 Å². The van der Waals surface area contributed by atoms with Crippen LogP contribution in [0.2, 0.25) is 9.36 Å². The summed E-state index contributed by atoms with van der Waals surface area (Å²) < 4.78 is 11.1. The zero-order chi connectivity index (χ0) is 17.7. The maximum atomic E-state index is 12.2. The summed E-state index contributed by atoms with van der Waals surface area (Å²) in [5, 5.41) is 3.21. The Morgan fingerprint density at radius 2 is 1.92 bits per heavy atom. The van der Waals surface area contributed by atoms with Gasteiger partial charge in [0.2, 0.25) is 5.91 Å². The van der Waals surface area contributed by atoms with Crippen molar-refractivity contribution in [3.05, 3.63) is 38.5 Å². The van der Waals surface area contributed by atoms with E-state index >= 15 is 0 Å². The van der Waals surface area contributed by atoms with E-state index in [1.807, 2.05) is 24.1 Å². The number of nitrogens with zero attached hydrogens (tertiary/aromatic N) is 1. The van der Waals surface area contributed by atoms with Crippen LogP contribution in [0.15, 0.2) is 24.3 Å². The summed E-state index contributed by atoms with van der Waals surface area (Å²) in [6.45, 7) is 0.869. The minimum absolute atomic E-state index is 0.167. The molecule has 2 aromatic rings. The summed E-state index contributed by atoms with van der Waals surface area (Å²) in [5.74, 6) is 0.801. The van der Waals surface area contributed by atoms with Crippen molar-refractivity contribution in [2.24, 2.45) is 0 Å². The average molecular weight is 389 g/mol. The number of thiophene rings is 1. The van der Waals surface area contributed by atoms with E-state index in [1.165, 1.54) is 25.6 Å². The van der Waals surface area contributed by atoms with Gasteiger partial charge in [0, 0.05) is 17.5 Å². The van der Waals surface area contributed by atoms with Crippen LogP contribution < -0.4 is 14.8 Å². The first-order valence-electron chi connectivity index (χ1n) is 7.07. The smallest absolute Gasteiger partial charge is 0.238 e. The van der Waals surface area contributed by atoms with Gasteiger partial charge in [0.25, 0.3) is 0 Å². The third kappa shape index (κ3) is 5.01. The predicted molar refractivity (Wildman–Crippen MR) is 98.8 cm³/mol. The second kappa shape index (κ2) is 8.58. The van der Waals surface area contributed by atoms with Gasteiger partial charge in [-0.05, 0) is 25.2 Å². The molecule has 1 heterocycles. The molecule has 0 unspecified atom stereocenters. The summed E-state index contributed by atoms with van der Waals surface area (Å²) in [6, 6.07) is 7.04.